The number of benzene rings is 2. The maximum atomic E-state index is 13.6. The highest BCUT2D eigenvalue weighted by atomic mass is 32.1. The fourth-order valence-electron chi connectivity index (χ4n) is 4.76. The fourth-order valence-corrected chi connectivity index (χ4v) is 5.64. The quantitative estimate of drug-likeness (QED) is 0.539. The lowest BCUT2D eigenvalue weighted by Gasteiger charge is -2.24. The Labute approximate surface area is 186 Å². The van der Waals surface area contributed by atoms with Gasteiger partial charge in [-0.2, -0.15) is 0 Å². The summed E-state index contributed by atoms with van der Waals surface area (Å²) in [5.74, 6) is 0.715. The predicted octanol–water partition coefficient (Wildman–Crippen LogP) is 6.03. The van der Waals surface area contributed by atoms with E-state index in [1.165, 1.54) is 22.5 Å². The second-order valence-corrected chi connectivity index (χ2v) is 9.27. The number of ether oxygens (including phenoxy) is 1. The standard InChI is InChI=1S/C26H24N2O2S/c1-25(23(29)28-24-27-22-20(30-2)15-10-16-21(22)31-24)17-26(25,19-13-8-5-9-14-19)18-11-6-3-4-7-12-18/h3-6,8-16H,7,17H2,1-2H3,(H,27,28,29). The third-order valence-electron chi connectivity index (χ3n) is 6.52. The summed E-state index contributed by atoms with van der Waals surface area (Å²) in [6.45, 7) is 2.07. The maximum absolute atomic E-state index is 13.6. The van der Waals surface area contributed by atoms with E-state index in [1.54, 1.807) is 7.11 Å². The van der Waals surface area contributed by atoms with E-state index < -0.39 is 5.41 Å². The Morgan fingerprint density at radius 2 is 1.97 bits per heavy atom. The number of anilines is 1. The lowest BCUT2D eigenvalue weighted by molar-refractivity contribution is -0.121. The Bertz CT molecular complexity index is 1240. The van der Waals surface area contributed by atoms with Gasteiger partial charge >= 0.3 is 0 Å². The van der Waals surface area contributed by atoms with Crippen LogP contribution in [-0.4, -0.2) is 18.0 Å². The SMILES string of the molecule is COc1cccc2sc(NC(=O)C3(C)CC3(C3=CCC=CC=C3)c3ccccc3)nc12. The number of rotatable bonds is 5. The van der Waals surface area contributed by atoms with Crippen molar-refractivity contribution in [3.8, 4) is 5.75 Å². The van der Waals surface area contributed by atoms with Crippen LogP contribution < -0.4 is 10.1 Å². The predicted molar refractivity (Wildman–Crippen MR) is 127 cm³/mol. The Hall–Kier alpha value is -3.18. The summed E-state index contributed by atoms with van der Waals surface area (Å²) < 4.78 is 6.41. The van der Waals surface area contributed by atoms with E-state index in [2.05, 4.69) is 59.7 Å². The molecule has 1 heterocycles. The Morgan fingerprint density at radius 3 is 2.77 bits per heavy atom. The molecule has 0 aliphatic heterocycles. The van der Waals surface area contributed by atoms with E-state index >= 15 is 0 Å². The number of carbonyl (C=O) groups excluding carboxylic acids is 1. The first-order valence-electron chi connectivity index (χ1n) is 10.4. The van der Waals surface area contributed by atoms with Crippen molar-refractivity contribution in [2.45, 2.75) is 25.2 Å². The molecule has 0 spiro atoms. The average Bonchev–Trinajstić information content (AvgIpc) is 3.37. The summed E-state index contributed by atoms with van der Waals surface area (Å²) >= 11 is 1.47. The van der Waals surface area contributed by atoms with Crippen molar-refractivity contribution in [1.82, 2.24) is 4.98 Å². The van der Waals surface area contributed by atoms with Crippen molar-refractivity contribution in [3.05, 3.63) is 90.0 Å². The largest absolute Gasteiger partial charge is 0.494 e. The summed E-state index contributed by atoms with van der Waals surface area (Å²) in [7, 11) is 1.63. The van der Waals surface area contributed by atoms with Gasteiger partial charge in [-0.1, -0.05) is 78.1 Å². The second kappa shape index (κ2) is 7.50. The molecule has 1 saturated carbocycles. The van der Waals surface area contributed by atoms with Crippen LogP contribution >= 0.6 is 11.3 Å². The molecule has 1 fully saturated rings. The number of aromatic nitrogens is 1. The molecule has 5 rings (SSSR count). The highest BCUT2D eigenvalue weighted by molar-refractivity contribution is 7.22. The van der Waals surface area contributed by atoms with Crippen LogP contribution in [0.4, 0.5) is 5.13 Å². The topological polar surface area (TPSA) is 51.2 Å². The van der Waals surface area contributed by atoms with Gasteiger partial charge in [-0.15, -0.1) is 0 Å². The number of carbonyl (C=O) groups is 1. The van der Waals surface area contributed by atoms with Gasteiger partial charge in [0, 0.05) is 5.41 Å². The molecule has 1 N–H and O–H groups in total. The van der Waals surface area contributed by atoms with Gasteiger partial charge in [0.2, 0.25) is 5.91 Å². The highest BCUT2D eigenvalue weighted by Crippen LogP contribution is 2.69. The van der Waals surface area contributed by atoms with Crippen LogP contribution in [0.25, 0.3) is 10.2 Å². The molecule has 4 nitrogen and oxygen atoms in total. The fraction of sp³-hybridized carbons (Fsp3) is 0.231. The Balaban J connectivity index is 1.50. The number of nitrogens with zero attached hydrogens (tertiary/aromatic N) is 1. The van der Waals surface area contributed by atoms with Gasteiger partial charge in [-0.25, -0.2) is 4.98 Å². The van der Waals surface area contributed by atoms with Crippen molar-refractivity contribution in [2.24, 2.45) is 5.41 Å². The zero-order chi connectivity index (χ0) is 21.5. The molecular formula is C26H24N2O2S. The smallest absolute Gasteiger partial charge is 0.233 e. The number of fused-ring (bicyclic) bond motifs is 1. The van der Waals surface area contributed by atoms with Crippen LogP contribution in [0.1, 0.15) is 25.3 Å². The first kappa shape index (κ1) is 19.8. The summed E-state index contributed by atoms with van der Waals surface area (Å²) in [4.78, 5) is 18.2. The minimum atomic E-state index is -0.559. The van der Waals surface area contributed by atoms with E-state index in [1.807, 2.05) is 36.4 Å². The normalized spacial score (nSPS) is 24.5. The molecule has 2 atom stereocenters. The number of allylic oxidation sites excluding steroid dienone is 6. The minimum Gasteiger partial charge on any atom is -0.494 e. The summed E-state index contributed by atoms with van der Waals surface area (Å²) in [6, 6.07) is 16.2. The monoisotopic (exact) mass is 428 g/mol. The zero-order valence-electron chi connectivity index (χ0n) is 17.6. The first-order valence-corrected chi connectivity index (χ1v) is 11.2. The summed E-state index contributed by atoms with van der Waals surface area (Å²) in [5.41, 5.74) is 2.26. The molecule has 5 heteroatoms. The molecule has 2 aromatic carbocycles. The number of methoxy groups -OCH3 is 1. The Morgan fingerprint density at radius 1 is 1.13 bits per heavy atom. The third-order valence-corrected chi connectivity index (χ3v) is 7.45. The third kappa shape index (κ3) is 3.12. The van der Waals surface area contributed by atoms with Crippen LogP contribution in [-0.2, 0) is 10.2 Å². The van der Waals surface area contributed by atoms with E-state index in [0.29, 0.717) is 10.9 Å². The second-order valence-electron chi connectivity index (χ2n) is 8.24. The van der Waals surface area contributed by atoms with E-state index in [4.69, 9.17) is 4.74 Å². The van der Waals surface area contributed by atoms with Crippen LogP contribution in [0.2, 0.25) is 0 Å². The number of hydrogen-bond donors (Lipinski definition) is 1. The first-order chi connectivity index (χ1) is 15.1. The number of hydrogen-bond acceptors (Lipinski definition) is 4. The average molecular weight is 429 g/mol. The summed E-state index contributed by atoms with van der Waals surface area (Å²) in [6.07, 6.45) is 12.3. The van der Waals surface area contributed by atoms with Gasteiger partial charge in [0.1, 0.15) is 11.3 Å². The van der Waals surface area contributed by atoms with Gasteiger partial charge in [-0.3, -0.25) is 4.79 Å². The number of nitrogens with one attached hydrogen (secondary N) is 1. The van der Waals surface area contributed by atoms with Crippen LogP contribution in [0.5, 0.6) is 5.75 Å². The number of amides is 1. The zero-order valence-corrected chi connectivity index (χ0v) is 18.4. The van der Waals surface area contributed by atoms with E-state index in [-0.39, 0.29) is 11.3 Å². The lowest BCUT2D eigenvalue weighted by atomic mass is 9.79. The van der Waals surface area contributed by atoms with Crippen LogP contribution in [0.3, 0.4) is 0 Å². The molecule has 1 aromatic heterocycles. The van der Waals surface area contributed by atoms with Crippen molar-refractivity contribution < 1.29 is 9.53 Å². The molecule has 0 bridgehead atoms. The van der Waals surface area contributed by atoms with Gasteiger partial charge in [-0.05, 0) is 43.0 Å². The lowest BCUT2D eigenvalue weighted by Crippen LogP contribution is -2.30. The van der Waals surface area contributed by atoms with Crippen molar-refractivity contribution in [2.75, 3.05) is 12.4 Å². The summed E-state index contributed by atoms with van der Waals surface area (Å²) in [5, 5.41) is 3.71. The van der Waals surface area contributed by atoms with Crippen molar-refractivity contribution in [3.63, 3.8) is 0 Å². The molecular weight excluding hydrogens is 404 g/mol. The molecule has 31 heavy (non-hydrogen) atoms. The molecule has 0 radical (unpaired) electrons. The van der Waals surface area contributed by atoms with Gasteiger partial charge < -0.3 is 10.1 Å². The van der Waals surface area contributed by atoms with Gasteiger partial charge in [0.15, 0.2) is 5.13 Å². The number of para-hydroxylation sites is 1. The van der Waals surface area contributed by atoms with E-state index in [0.717, 1.165) is 23.1 Å². The van der Waals surface area contributed by atoms with E-state index in [9.17, 15) is 4.79 Å². The van der Waals surface area contributed by atoms with Crippen LogP contribution in [0, 0.1) is 5.41 Å². The van der Waals surface area contributed by atoms with Crippen LogP contribution in [0.15, 0.2) is 84.5 Å². The molecule has 2 unspecified atom stereocenters. The molecule has 2 aliphatic carbocycles. The van der Waals surface area contributed by atoms with Crippen molar-refractivity contribution >= 4 is 32.6 Å². The van der Waals surface area contributed by atoms with Gasteiger partial charge in [0.05, 0.1) is 17.2 Å². The maximum Gasteiger partial charge on any atom is 0.233 e. The molecule has 1 amide bonds. The Kier molecular flexibility index (Phi) is 4.78. The molecule has 156 valence electrons. The highest BCUT2D eigenvalue weighted by Gasteiger charge is 2.70. The number of thiazole rings is 1. The molecule has 2 aliphatic rings. The van der Waals surface area contributed by atoms with Crippen molar-refractivity contribution in [1.29, 1.82) is 0 Å². The molecule has 3 aromatic rings. The minimum absolute atomic E-state index is 0.000817. The van der Waals surface area contributed by atoms with Gasteiger partial charge in [0.25, 0.3) is 0 Å². The molecule has 0 saturated heterocycles.